The Morgan fingerprint density at radius 1 is 1.17 bits per heavy atom. The summed E-state index contributed by atoms with van der Waals surface area (Å²) >= 11 is 0. The molecule has 2 aromatic rings. The van der Waals surface area contributed by atoms with Crippen LogP contribution in [-0.2, 0) is 21.2 Å². The van der Waals surface area contributed by atoms with Crippen LogP contribution in [0.2, 0.25) is 0 Å². The number of fused-ring (bicyclic) bond motifs is 1. The van der Waals surface area contributed by atoms with Gasteiger partial charge in [0.15, 0.2) is 0 Å². The van der Waals surface area contributed by atoms with Crippen LogP contribution >= 0.6 is 0 Å². The number of anilines is 2. The molecule has 4 rings (SSSR count). The Morgan fingerprint density at radius 2 is 1.90 bits per heavy atom. The van der Waals surface area contributed by atoms with Crippen LogP contribution in [0.4, 0.5) is 11.4 Å². The molecule has 0 radical (unpaired) electrons. The molecule has 1 fully saturated rings. The average Bonchev–Trinajstić information content (AvgIpc) is 3.44. The predicted octanol–water partition coefficient (Wildman–Crippen LogP) is 4.61. The van der Waals surface area contributed by atoms with Gasteiger partial charge in [-0.25, -0.2) is 8.42 Å². The number of carbonyl (C=O) groups is 1. The van der Waals surface area contributed by atoms with E-state index in [1.54, 1.807) is 18.2 Å². The number of para-hydroxylation sites is 1. The number of amides is 1. The van der Waals surface area contributed by atoms with E-state index in [-0.39, 0.29) is 28.7 Å². The zero-order valence-corrected chi connectivity index (χ0v) is 18.2. The maximum absolute atomic E-state index is 13.2. The minimum absolute atomic E-state index is 0.0629. The second-order valence-corrected chi connectivity index (χ2v) is 10.3. The SMILES string of the molecule is Cc1cccc(C(C)C)c1NS(=O)(=O)c1ccc2c(c1)C[C@@H](C)N2C(=O)C1CC1. The molecule has 0 bridgehead atoms. The van der Waals surface area contributed by atoms with Crippen molar-refractivity contribution in [1.82, 2.24) is 0 Å². The molecule has 1 aliphatic heterocycles. The monoisotopic (exact) mass is 412 g/mol. The van der Waals surface area contributed by atoms with E-state index < -0.39 is 10.0 Å². The lowest BCUT2D eigenvalue weighted by Crippen LogP contribution is -2.36. The van der Waals surface area contributed by atoms with Crippen LogP contribution in [-0.4, -0.2) is 20.4 Å². The van der Waals surface area contributed by atoms with Gasteiger partial charge in [-0.2, -0.15) is 0 Å². The summed E-state index contributed by atoms with van der Waals surface area (Å²) in [6.45, 7) is 8.04. The molecule has 0 saturated heterocycles. The summed E-state index contributed by atoms with van der Waals surface area (Å²) in [7, 11) is -3.73. The fourth-order valence-corrected chi connectivity index (χ4v) is 5.35. The largest absolute Gasteiger partial charge is 0.309 e. The van der Waals surface area contributed by atoms with Crippen LogP contribution < -0.4 is 9.62 Å². The Labute approximate surface area is 173 Å². The van der Waals surface area contributed by atoms with Gasteiger partial charge in [0.25, 0.3) is 10.0 Å². The van der Waals surface area contributed by atoms with E-state index in [0.29, 0.717) is 12.1 Å². The molecule has 1 heterocycles. The number of sulfonamides is 1. The van der Waals surface area contributed by atoms with Crippen molar-refractivity contribution in [2.24, 2.45) is 5.92 Å². The lowest BCUT2D eigenvalue weighted by Gasteiger charge is -2.22. The molecule has 154 valence electrons. The Hall–Kier alpha value is -2.34. The van der Waals surface area contributed by atoms with Crippen molar-refractivity contribution in [3.8, 4) is 0 Å². The van der Waals surface area contributed by atoms with Gasteiger partial charge in [-0.3, -0.25) is 9.52 Å². The molecule has 0 unspecified atom stereocenters. The molecular formula is C23H28N2O3S. The van der Waals surface area contributed by atoms with Gasteiger partial charge in [0.2, 0.25) is 5.91 Å². The molecule has 2 aliphatic rings. The third-order valence-corrected chi connectivity index (χ3v) is 7.25. The first-order valence-electron chi connectivity index (χ1n) is 10.3. The van der Waals surface area contributed by atoms with Crippen molar-refractivity contribution < 1.29 is 13.2 Å². The Morgan fingerprint density at radius 3 is 2.55 bits per heavy atom. The van der Waals surface area contributed by atoms with E-state index in [0.717, 1.165) is 35.2 Å². The van der Waals surface area contributed by atoms with Gasteiger partial charge in [0.1, 0.15) is 0 Å². The molecule has 0 spiro atoms. The summed E-state index contributed by atoms with van der Waals surface area (Å²) in [5, 5.41) is 0. The number of hydrogen-bond donors (Lipinski definition) is 1. The van der Waals surface area contributed by atoms with E-state index in [9.17, 15) is 13.2 Å². The summed E-state index contributed by atoms with van der Waals surface area (Å²) in [5.41, 5.74) is 4.30. The molecule has 5 nitrogen and oxygen atoms in total. The quantitative estimate of drug-likeness (QED) is 0.780. The molecule has 1 saturated carbocycles. The summed E-state index contributed by atoms with van der Waals surface area (Å²) in [4.78, 5) is 14.7. The zero-order chi connectivity index (χ0) is 20.9. The smallest absolute Gasteiger partial charge is 0.261 e. The van der Waals surface area contributed by atoms with Crippen LogP contribution in [0, 0.1) is 12.8 Å². The highest BCUT2D eigenvalue weighted by atomic mass is 32.2. The Balaban J connectivity index is 1.66. The van der Waals surface area contributed by atoms with Crippen molar-refractivity contribution in [1.29, 1.82) is 0 Å². The van der Waals surface area contributed by atoms with Gasteiger partial charge in [0, 0.05) is 17.6 Å². The van der Waals surface area contributed by atoms with Gasteiger partial charge >= 0.3 is 0 Å². The fraction of sp³-hybridized carbons (Fsp3) is 0.435. The minimum atomic E-state index is -3.73. The van der Waals surface area contributed by atoms with Crippen molar-refractivity contribution in [3.05, 3.63) is 53.1 Å². The average molecular weight is 413 g/mol. The lowest BCUT2D eigenvalue weighted by molar-refractivity contribution is -0.120. The van der Waals surface area contributed by atoms with Crippen molar-refractivity contribution in [3.63, 3.8) is 0 Å². The highest BCUT2D eigenvalue weighted by molar-refractivity contribution is 7.92. The van der Waals surface area contributed by atoms with Crippen LogP contribution in [0.25, 0.3) is 0 Å². The maximum atomic E-state index is 13.2. The molecular weight excluding hydrogens is 384 g/mol. The van der Waals surface area contributed by atoms with Gasteiger partial charge in [0.05, 0.1) is 10.6 Å². The van der Waals surface area contributed by atoms with E-state index in [1.165, 1.54) is 0 Å². The first-order valence-corrected chi connectivity index (χ1v) is 11.8. The summed E-state index contributed by atoms with van der Waals surface area (Å²) < 4.78 is 29.1. The number of aryl methyl sites for hydroxylation is 1. The standard InChI is InChI=1S/C23H28N2O3S/c1-14(2)20-7-5-6-15(3)22(20)24-29(27,28)19-10-11-21-18(13-19)12-16(4)25(21)23(26)17-8-9-17/h5-7,10-11,13-14,16-17,24H,8-9,12H2,1-4H3/t16-/m1/s1. The van der Waals surface area contributed by atoms with Crippen molar-refractivity contribution >= 4 is 27.3 Å². The predicted molar refractivity (Wildman–Crippen MR) is 116 cm³/mol. The number of benzene rings is 2. The summed E-state index contributed by atoms with van der Waals surface area (Å²) in [6, 6.07) is 11.0. The van der Waals surface area contributed by atoms with Gasteiger partial charge < -0.3 is 4.90 Å². The molecule has 2 aromatic carbocycles. The lowest BCUT2D eigenvalue weighted by atomic mass is 9.99. The van der Waals surface area contributed by atoms with Crippen LogP contribution in [0.3, 0.4) is 0 Å². The van der Waals surface area contributed by atoms with Crippen molar-refractivity contribution in [2.45, 2.75) is 63.8 Å². The topological polar surface area (TPSA) is 66.5 Å². The second-order valence-electron chi connectivity index (χ2n) is 8.63. The van der Waals surface area contributed by atoms with Crippen molar-refractivity contribution in [2.75, 3.05) is 9.62 Å². The molecule has 6 heteroatoms. The number of carbonyl (C=O) groups excluding carboxylic acids is 1. The Bertz CT molecular complexity index is 1070. The third kappa shape index (κ3) is 3.66. The molecule has 1 atom stereocenters. The van der Waals surface area contributed by atoms with E-state index >= 15 is 0 Å². The second kappa shape index (κ2) is 7.17. The first kappa shape index (κ1) is 20.0. The third-order valence-electron chi connectivity index (χ3n) is 5.90. The molecule has 0 aromatic heterocycles. The van der Waals surface area contributed by atoms with Crippen LogP contribution in [0.1, 0.15) is 56.2 Å². The maximum Gasteiger partial charge on any atom is 0.261 e. The molecule has 29 heavy (non-hydrogen) atoms. The summed E-state index contributed by atoms with van der Waals surface area (Å²) in [5.74, 6) is 0.519. The highest BCUT2D eigenvalue weighted by Gasteiger charge is 2.39. The molecule has 1 N–H and O–H groups in total. The van der Waals surface area contributed by atoms with Crippen LogP contribution in [0.5, 0.6) is 0 Å². The van der Waals surface area contributed by atoms with Crippen LogP contribution in [0.15, 0.2) is 41.3 Å². The van der Waals surface area contributed by atoms with Gasteiger partial charge in [-0.15, -0.1) is 0 Å². The van der Waals surface area contributed by atoms with E-state index in [1.807, 2.05) is 36.9 Å². The zero-order valence-electron chi connectivity index (χ0n) is 17.4. The van der Waals surface area contributed by atoms with E-state index in [4.69, 9.17) is 0 Å². The van der Waals surface area contributed by atoms with E-state index in [2.05, 4.69) is 18.6 Å². The number of hydrogen-bond acceptors (Lipinski definition) is 3. The first-order chi connectivity index (χ1) is 13.7. The minimum Gasteiger partial charge on any atom is -0.309 e. The Kier molecular flexibility index (Phi) is 4.93. The van der Waals surface area contributed by atoms with Gasteiger partial charge in [-0.1, -0.05) is 32.0 Å². The summed E-state index contributed by atoms with van der Waals surface area (Å²) in [6.07, 6.45) is 2.60. The fourth-order valence-electron chi connectivity index (χ4n) is 4.14. The normalized spacial score (nSPS) is 18.8. The number of rotatable bonds is 5. The molecule has 1 aliphatic carbocycles. The number of nitrogens with one attached hydrogen (secondary N) is 1. The number of nitrogens with zero attached hydrogens (tertiary/aromatic N) is 1. The van der Waals surface area contributed by atoms with Gasteiger partial charge in [-0.05, 0) is 73.9 Å². The molecule has 1 amide bonds. The highest BCUT2D eigenvalue weighted by Crippen LogP contribution is 2.40.